The third-order valence-electron chi connectivity index (χ3n) is 1.58. The number of carbonyl (C=O) groups is 1. The van der Waals surface area contributed by atoms with Gasteiger partial charge in [0.05, 0.1) is 5.78 Å². The number of Topliss-reactive ketones (excluding diaryl/α,β-unsaturated/α-hetero) is 1. The van der Waals surface area contributed by atoms with Gasteiger partial charge in [-0.05, 0) is 6.92 Å². The van der Waals surface area contributed by atoms with Gasteiger partial charge >= 0.3 is 0 Å². The first kappa shape index (κ1) is 12.6. The van der Waals surface area contributed by atoms with E-state index in [0.717, 1.165) is 6.07 Å². The van der Waals surface area contributed by atoms with Crippen molar-refractivity contribution in [3.63, 3.8) is 0 Å². The molecule has 1 rings (SSSR count). The number of phenols is 2. The summed E-state index contributed by atoms with van der Waals surface area (Å²) in [5, 5.41) is 18.3. The zero-order chi connectivity index (χ0) is 9.30. The number of carbonyl (C=O) groups excluding carboxylic acids is 1. The maximum Gasteiger partial charge on any atom is 0.0790 e. The molecule has 0 bridgehead atoms. The fraction of sp³-hybridized carbons (Fsp3) is 0.222. The smallest absolute Gasteiger partial charge is 0.0790 e. The molecule has 13 heavy (non-hydrogen) atoms. The molecule has 0 aromatic heterocycles. The van der Waals surface area contributed by atoms with E-state index in [1.54, 1.807) is 6.92 Å². The fourth-order valence-corrected chi connectivity index (χ4v) is 0.894. The number of aromatic hydroxyl groups is 2. The van der Waals surface area contributed by atoms with Crippen LogP contribution in [0.25, 0.3) is 0 Å². The van der Waals surface area contributed by atoms with Gasteiger partial charge in [-0.1, -0.05) is 24.1 Å². The zero-order valence-electron chi connectivity index (χ0n) is 7.46. The molecule has 0 aliphatic carbocycles. The molecule has 0 heterocycles. The summed E-state index contributed by atoms with van der Waals surface area (Å²) >= 11 is 0. The van der Waals surface area contributed by atoms with Crippen LogP contribution < -0.4 is 0 Å². The van der Waals surface area contributed by atoms with Gasteiger partial charge in [0.2, 0.25) is 0 Å². The standard InChI is InChI=1S/C9H9O3.Y/c1-5-3-7(6(2)10)9(12)4-8(5)11;/h4,11-12H,1-2H3;/q-1;. The van der Waals surface area contributed by atoms with Crippen molar-refractivity contribution in [3.05, 3.63) is 23.3 Å². The normalized spacial score (nSPS) is 9.08. The molecule has 67 valence electrons. The molecule has 4 heteroatoms. The van der Waals surface area contributed by atoms with E-state index in [0.29, 0.717) is 5.56 Å². The van der Waals surface area contributed by atoms with E-state index < -0.39 is 0 Å². The van der Waals surface area contributed by atoms with Crippen molar-refractivity contribution in [1.29, 1.82) is 0 Å². The Bertz CT molecular complexity index is 334. The Labute approximate surface area is 102 Å². The fourth-order valence-electron chi connectivity index (χ4n) is 0.894. The maximum atomic E-state index is 10.9. The number of benzene rings is 1. The molecule has 0 atom stereocenters. The van der Waals surface area contributed by atoms with E-state index in [2.05, 4.69) is 6.07 Å². The van der Waals surface area contributed by atoms with Crippen molar-refractivity contribution in [1.82, 2.24) is 0 Å². The Kier molecular flexibility index (Phi) is 4.58. The van der Waals surface area contributed by atoms with Gasteiger partial charge in [-0.15, -0.1) is 6.07 Å². The molecule has 3 nitrogen and oxygen atoms in total. The van der Waals surface area contributed by atoms with Crippen molar-refractivity contribution in [2.24, 2.45) is 0 Å². The number of rotatable bonds is 1. The zero-order valence-corrected chi connectivity index (χ0v) is 10.3. The predicted molar refractivity (Wildman–Crippen MR) is 43.3 cm³/mol. The van der Waals surface area contributed by atoms with E-state index >= 15 is 0 Å². The molecule has 1 aromatic carbocycles. The maximum absolute atomic E-state index is 10.9. The Hall–Kier alpha value is -0.406. The summed E-state index contributed by atoms with van der Waals surface area (Å²) in [6.07, 6.45) is 0. The molecular weight excluding hydrogens is 245 g/mol. The van der Waals surface area contributed by atoms with Gasteiger partial charge in [0, 0.05) is 44.2 Å². The topological polar surface area (TPSA) is 57.5 Å². The number of ketones is 1. The van der Waals surface area contributed by atoms with Gasteiger partial charge in [-0.25, -0.2) is 0 Å². The molecule has 0 unspecified atom stereocenters. The quantitative estimate of drug-likeness (QED) is 0.588. The van der Waals surface area contributed by atoms with Crippen molar-refractivity contribution in [3.8, 4) is 11.5 Å². The van der Waals surface area contributed by atoms with E-state index in [4.69, 9.17) is 5.11 Å². The van der Waals surface area contributed by atoms with Crippen LogP contribution in [0.4, 0.5) is 0 Å². The van der Waals surface area contributed by atoms with Crippen LogP contribution in [-0.2, 0) is 32.7 Å². The van der Waals surface area contributed by atoms with Crippen molar-refractivity contribution < 1.29 is 47.7 Å². The van der Waals surface area contributed by atoms with E-state index in [1.165, 1.54) is 6.92 Å². The van der Waals surface area contributed by atoms with Crippen LogP contribution in [0, 0.1) is 13.0 Å². The Morgan fingerprint density at radius 3 is 2.38 bits per heavy atom. The van der Waals surface area contributed by atoms with Crippen molar-refractivity contribution in [2.45, 2.75) is 13.8 Å². The van der Waals surface area contributed by atoms with Crippen LogP contribution in [0.5, 0.6) is 11.5 Å². The van der Waals surface area contributed by atoms with Crippen LogP contribution >= 0.6 is 0 Å². The van der Waals surface area contributed by atoms with E-state index in [1.807, 2.05) is 0 Å². The molecule has 2 N–H and O–H groups in total. The van der Waals surface area contributed by atoms with Crippen LogP contribution in [0.1, 0.15) is 22.8 Å². The van der Waals surface area contributed by atoms with Crippen LogP contribution in [0.15, 0.2) is 6.07 Å². The summed E-state index contributed by atoms with van der Waals surface area (Å²) in [5.74, 6) is -0.557. The third kappa shape index (κ3) is 2.78. The molecule has 0 spiro atoms. The monoisotopic (exact) mass is 254 g/mol. The van der Waals surface area contributed by atoms with Crippen molar-refractivity contribution >= 4 is 5.78 Å². The van der Waals surface area contributed by atoms with Gasteiger partial charge in [0.1, 0.15) is 0 Å². The first-order valence-corrected chi connectivity index (χ1v) is 3.48. The van der Waals surface area contributed by atoms with Crippen LogP contribution in [0.2, 0.25) is 0 Å². The summed E-state index contributed by atoms with van der Waals surface area (Å²) < 4.78 is 0. The average Bonchev–Trinajstić information content (AvgIpc) is 1.96. The summed E-state index contributed by atoms with van der Waals surface area (Å²) in [7, 11) is 0. The van der Waals surface area contributed by atoms with Gasteiger partial charge in [0.25, 0.3) is 0 Å². The molecule has 0 fully saturated rings. The van der Waals surface area contributed by atoms with E-state index in [-0.39, 0.29) is 55.6 Å². The molecule has 0 saturated heterocycles. The van der Waals surface area contributed by atoms with Gasteiger partial charge in [0.15, 0.2) is 0 Å². The predicted octanol–water partition coefficient (Wildman–Crippen LogP) is 1.41. The van der Waals surface area contributed by atoms with E-state index in [9.17, 15) is 9.90 Å². The minimum atomic E-state index is -0.268. The Morgan fingerprint density at radius 2 is 1.92 bits per heavy atom. The first-order valence-electron chi connectivity index (χ1n) is 3.48. The van der Waals surface area contributed by atoms with Gasteiger partial charge in [-0.3, -0.25) is 0 Å². The number of phenolic OH excluding ortho intramolecular Hbond substituents is 2. The minimum absolute atomic E-state index is 0. The summed E-state index contributed by atoms with van der Waals surface area (Å²) in [6, 6.07) is 3.74. The van der Waals surface area contributed by atoms with Gasteiger partial charge in [-0.2, -0.15) is 0 Å². The molecule has 1 radical (unpaired) electrons. The number of hydrogen-bond donors (Lipinski definition) is 2. The summed E-state index contributed by atoms with van der Waals surface area (Å²) in [4.78, 5) is 10.9. The Balaban J connectivity index is 0.00000144. The van der Waals surface area contributed by atoms with Crippen LogP contribution in [0.3, 0.4) is 0 Å². The second-order valence-corrected chi connectivity index (χ2v) is 2.60. The molecule has 0 aliphatic rings. The van der Waals surface area contributed by atoms with Gasteiger partial charge < -0.3 is 15.0 Å². The summed E-state index contributed by atoms with van der Waals surface area (Å²) in [6.45, 7) is 2.95. The first-order chi connectivity index (χ1) is 5.52. The van der Waals surface area contributed by atoms with Crippen LogP contribution in [-0.4, -0.2) is 16.0 Å². The minimum Gasteiger partial charge on any atom is -0.551 e. The second-order valence-electron chi connectivity index (χ2n) is 2.60. The third-order valence-corrected chi connectivity index (χ3v) is 1.58. The number of aryl methyl sites for hydroxylation is 1. The summed E-state index contributed by atoms with van der Waals surface area (Å²) in [5.41, 5.74) is 0.573. The Morgan fingerprint density at radius 1 is 1.38 bits per heavy atom. The SMILES string of the molecule is CC(=O)c1[c-]c(C)c(O)cc1O.[Y]. The molecule has 0 amide bonds. The second kappa shape index (κ2) is 4.73. The molecular formula is C9H9O3Y-. The molecule has 0 saturated carbocycles. The molecule has 0 aliphatic heterocycles. The largest absolute Gasteiger partial charge is 0.551 e. The average molecular weight is 254 g/mol. The van der Waals surface area contributed by atoms with Crippen molar-refractivity contribution in [2.75, 3.05) is 0 Å². The number of hydrogen-bond acceptors (Lipinski definition) is 3. The molecule has 1 aromatic rings.